The van der Waals surface area contributed by atoms with Crippen molar-refractivity contribution in [2.45, 2.75) is 25.2 Å². The minimum absolute atomic E-state index is 0.141. The third-order valence-electron chi connectivity index (χ3n) is 7.21. The average molecular weight is 601 g/mol. The Morgan fingerprint density at radius 1 is 0.886 bits per heavy atom. The van der Waals surface area contributed by atoms with Crippen LogP contribution in [-0.4, -0.2) is 59.8 Å². The van der Waals surface area contributed by atoms with Crippen LogP contribution in [0.15, 0.2) is 109 Å². The van der Waals surface area contributed by atoms with E-state index in [-0.39, 0.29) is 18.9 Å². The topological polar surface area (TPSA) is 65.5 Å². The minimum Gasteiger partial charge on any atom is -0.343 e. The third kappa shape index (κ3) is 8.87. The summed E-state index contributed by atoms with van der Waals surface area (Å²) in [7, 11) is 3.51. The first-order valence-corrected chi connectivity index (χ1v) is 14.3. The number of alkyl halides is 3. The van der Waals surface area contributed by atoms with E-state index in [4.69, 9.17) is 0 Å². The molecule has 1 N–H and O–H groups in total. The molecule has 0 saturated heterocycles. The summed E-state index contributed by atoms with van der Waals surface area (Å²) in [4.78, 5) is 35.3. The first-order chi connectivity index (χ1) is 21.2. The van der Waals surface area contributed by atoms with Crippen LogP contribution in [-0.2, 0) is 28.7 Å². The van der Waals surface area contributed by atoms with Crippen molar-refractivity contribution >= 4 is 17.9 Å². The molecule has 0 aliphatic heterocycles. The highest BCUT2D eigenvalue weighted by molar-refractivity contribution is 5.95. The van der Waals surface area contributed by atoms with Gasteiger partial charge in [-0.3, -0.25) is 14.6 Å². The molecule has 3 aromatic carbocycles. The zero-order valence-electron chi connectivity index (χ0n) is 24.7. The van der Waals surface area contributed by atoms with E-state index in [0.29, 0.717) is 18.7 Å². The molecule has 1 heterocycles. The number of halogens is 3. The largest absolute Gasteiger partial charge is 0.416 e. The number of benzene rings is 3. The predicted octanol–water partition coefficient (Wildman–Crippen LogP) is 6.10. The molecule has 2 amide bonds. The average Bonchev–Trinajstić information content (AvgIpc) is 3.04. The van der Waals surface area contributed by atoms with Crippen LogP contribution in [0.2, 0.25) is 0 Å². The van der Waals surface area contributed by atoms with Crippen LogP contribution in [0.25, 0.3) is 17.3 Å². The number of aromatic nitrogens is 1. The number of amides is 2. The van der Waals surface area contributed by atoms with E-state index in [2.05, 4.69) is 10.3 Å². The van der Waals surface area contributed by atoms with Gasteiger partial charge in [0.05, 0.1) is 11.3 Å². The van der Waals surface area contributed by atoms with Gasteiger partial charge < -0.3 is 15.1 Å². The van der Waals surface area contributed by atoms with Gasteiger partial charge in [0.15, 0.2) is 0 Å². The highest BCUT2D eigenvalue weighted by atomic mass is 19.4. The highest BCUT2D eigenvalue weighted by Gasteiger charge is 2.32. The van der Waals surface area contributed by atoms with Gasteiger partial charge in [0, 0.05) is 50.9 Å². The zero-order chi connectivity index (χ0) is 31.5. The lowest BCUT2D eigenvalue weighted by molar-refractivity contribution is -0.143. The molecule has 0 bridgehead atoms. The molecule has 4 aromatic rings. The summed E-state index contributed by atoms with van der Waals surface area (Å²) in [5.41, 5.74) is 3.10. The Labute approximate surface area is 255 Å². The van der Waals surface area contributed by atoms with Crippen LogP contribution >= 0.6 is 0 Å². The van der Waals surface area contributed by atoms with Crippen LogP contribution < -0.4 is 5.32 Å². The van der Waals surface area contributed by atoms with Crippen molar-refractivity contribution in [3.63, 3.8) is 0 Å². The summed E-state index contributed by atoms with van der Waals surface area (Å²) in [6.07, 6.45) is 0.329. The van der Waals surface area contributed by atoms with Crippen LogP contribution in [0, 0.1) is 0 Å². The zero-order valence-corrected chi connectivity index (χ0v) is 24.7. The number of carbonyl (C=O) groups is 2. The number of likely N-dealkylation sites (N-methyl/N-ethyl adjacent to an activating group) is 2. The SMILES string of the molecule is CNCCN(C)C(=O)[C@H](Cc1ccccc1)N(Cc1ccc(-c2ccccn2)cc1)C(=O)/C=C/c1ccc(C(F)(F)F)cc1. The Bertz CT molecular complexity index is 1520. The van der Waals surface area contributed by atoms with Gasteiger partial charge in [0.1, 0.15) is 6.04 Å². The Morgan fingerprint density at radius 3 is 2.18 bits per heavy atom. The fraction of sp³-hybridized carbons (Fsp3) is 0.229. The van der Waals surface area contributed by atoms with Gasteiger partial charge in [-0.1, -0.05) is 72.8 Å². The van der Waals surface area contributed by atoms with Crippen molar-refractivity contribution in [1.29, 1.82) is 0 Å². The Hall–Kier alpha value is -4.76. The van der Waals surface area contributed by atoms with Crippen LogP contribution in [0.1, 0.15) is 22.3 Å². The molecule has 44 heavy (non-hydrogen) atoms. The predicted molar refractivity (Wildman–Crippen MR) is 166 cm³/mol. The molecular formula is C35H35F3N4O2. The molecule has 0 unspecified atom stereocenters. The minimum atomic E-state index is -4.45. The van der Waals surface area contributed by atoms with Gasteiger partial charge in [0.25, 0.3) is 0 Å². The van der Waals surface area contributed by atoms with E-state index < -0.39 is 23.7 Å². The molecule has 0 fully saturated rings. The van der Waals surface area contributed by atoms with E-state index in [0.717, 1.165) is 34.5 Å². The molecule has 0 spiro atoms. The summed E-state index contributed by atoms with van der Waals surface area (Å²) in [6.45, 7) is 1.17. The summed E-state index contributed by atoms with van der Waals surface area (Å²) < 4.78 is 39.1. The number of rotatable bonds is 12. The molecule has 9 heteroatoms. The summed E-state index contributed by atoms with van der Waals surface area (Å²) in [5.74, 6) is -0.652. The normalized spacial score (nSPS) is 12.2. The first-order valence-electron chi connectivity index (χ1n) is 14.3. The Kier molecular flexibility index (Phi) is 11.0. The lowest BCUT2D eigenvalue weighted by Crippen LogP contribution is -2.51. The lowest BCUT2D eigenvalue weighted by Gasteiger charge is -2.33. The highest BCUT2D eigenvalue weighted by Crippen LogP contribution is 2.29. The van der Waals surface area contributed by atoms with Crippen molar-refractivity contribution in [2.75, 3.05) is 27.2 Å². The van der Waals surface area contributed by atoms with Gasteiger partial charge >= 0.3 is 6.18 Å². The number of hydrogen-bond donors (Lipinski definition) is 1. The quantitative estimate of drug-likeness (QED) is 0.200. The van der Waals surface area contributed by atoms with Crippen molar-refractivity contribution in [3.8, 4) is 11.3 Å². The fourth-order valence-corrected chi connectivity index (χ4v) is 4.71. The second kappa shape index (κ2) is 15.1. The summed E-state index contributed by atoms with van der Waals surface area (Å²) >= 11 is 0. The van der Waals surface area contributed by atoms with Gasteiger partial charge in [-0.2, -0.15) is 13.2 Å². The van der Waals surface area contributed by atoms with Crippen LogP contribution in [0.4, 0.5) is 13.2 Å². The molecular weight excluding hydrogens is 565 g/mol. The molecule has 0 aliphatic rings. The summed E-state index contributed by atoms with van der Waals surface area (Å²) in [5, 5.41) is 3.04. The number of hydrogen-bond acceptors (Lipinski definition) is 4. The molecule has 4 rings (SSSR count). The number of pyridine rings is 1. The number of carbonyl (C=O) groups excluding carboxylic acids is 2. The molecule has 0 saturated carbocycles. The third-order valence-corrected chi connectivity index (χ3v) is 7.21. The first kappa shape index (κ1) is 32.2. The lowest BCUT2D eigenvalue weighted by atomic mass is 10.0. The molecule has 228 valence electrons. The van der Waals surface area contributed by atoms with Crippen molar-refractivity contribution < 1.29 is 22.8 Å². The molecule has 0 radical (unpaired) electrons. The second-order valence-corrected chi connectivity index (χ2v) is 10.4. The Morgan fingerprint density at radius 2 is 1.57 bits per heavy atom. The molecule has 1 aromatic heterocycles. The van der Waals surface area contributed by atoms with Gasteiger partial charge in [-0.25, -0.2) is 0 Å². The van der Waals surface area contributed by atoms with Gasteiger partial charge in [-0.05, 0) is 54.1 Å². The van der Waals surface area contributed by atoms with E-state index >= 15 is 0 Å². The maximum absolute atomic E-state index is 13.9. The van der Waals surface area contributed by atoms with Crippen molar-refractivity contribution in [2.24, 2.45) is 0 Å². The van der Waals surface area contributed by atoms with Gasteiger partial charge in [0.2, 0.25) is 11.8 Å². The van der Waals surface area contributed by atoms with E-state index in [9.17, 15) is 22.8 Å². The van der Waals surface area contributed by atoms with E-state index in [1.165, 1.54) is 29.2 Å². The summed E-state index contributed by atoms with van der Waals surface area (Å²) in [6, 6.07) is 26.5. The van der Waals surface area contributed by atoms with Crippen LogP contribution in [0.3, 0.4) is 0 Å². The second-order valence-electron chi connectivity index (χ2n) is 10.4. The van der Waals surface area contributed by atoms with Crippen molar-refractivity contribution in [3.05, 3.63) is 132 Å². The van der Waals surface area contributed by atoms with E-state index in [1.807, 2.05) is 72.8 Å². The van der Waals surface area contributed by atoms with Crippen LogP contribution in [0.5, 0.6) is 0 Å². The maximum atomic E-state index is 13.9. The number of nitrogens with zero attached hydrogens (tertiary/aromatic N) is 3. The van der Waals surface area contributed by atoms with Crippen molar-refractivity contribution in [1.82, 2.24) is 20.1 Å². The standard InChI is InChI=1S/C35H35F3N4O2/c1-39-22-23-41(2)34(44)32(24-27-8-4-3-5-9-27)42(25-28-11-16-29(17-12-28)31-10-6-7-21-40-31)33(43)20-15-26-13-18-30(19-14-26)35(36,37)38/h3-21,32,39H,22-25H2,1-2H3/b20-15+/t32-/m0/s1. The monoisotopic (exact) mass is 600 g/mol. The smallest absolute Gasteiger partial charge is 0.343 e. The molecule has 6 nitrogen and oxygen atoms in total. The molecule has 0 aliphatic carbocycles. The fourth-order valence-electron chi connectivity index (χ4n) is 4.71. The maximum Gasteiger partial charge on any atom is 0.416 e. The Balaban J connectivity index is 1.67. The van der Waals surface area contributed by atoms with E-state index in [1.54, 1.807) is 25.2 Å². The number of nitrogens with one attached hydrogen (secondary N) is 1. The molecule has 1 atom stereocenters. The van der Waals surface area contributed by atoms with Gasteiger partial charge in [-0.15, -0.1) is 0 Å².